The maximum Gasteiger partial charge on any atom is 0.303 e. The Bertz CT molecular complexity index is 1170. The minimum absolute atomic E-state index is 0.163. The number of ether oxygens (including phenoxy) is 1. The summed E-state index contributed by atoms with van der Waals surface area (Å²) in [6.45, 7) is 5.02. The monoisotopic (exact) mass is 436 g/mol. The zero-order valence-electron chi connectivity index (χ0n) is 16.4. The van der Waals surface area contributed by atoms with Crippen LogP contribution in [-0.4, -0.2) is 25.8 Å². The summed E-state index contributed by atoms with van der Waals surface area (Å²) in [6, 6.07) is 9.45. The van der Waals surface area contributed by atoms with Gasteiger partial charge in [0.25, 0.3) is 0 Å². The van der Waals surface area contributed by atoms with Gasteiger partial charge in [0.05, 0.1) is 15.4 Å². The van der Waals surface area contributed by atoms with E-state index in [-0.39, 0.29) is 4.90 Å². The summed E-state index contributed by atoms with van der Waals surface area (Å²) >= 11 is 1.38. The number of carbonyl (C=O) groups is 1. The predicted octanol–water partition coefficient (Wildman–Crippen LogP) is 4.07. The molecule has 0 aliphatic heterocycles. The highest BCUT2D eigenvalue weighted by Crippen LogP contribution is 2.39. The summed E-state index contributed by atoms with van der Waals surface area (Å²) < 4.78 is 47.1. The van der Waals surface area contributed by atoms with E-state index in [0.717, 1.165) is 26.6 Å². The van der Waals surface area contributed by atoms with Gasteiger partial charge in [0, 0.05) is 23.6 Å². The number of esters is 1. The molecule has 154 valence electrons. The molecule has 3 aromatic rings. The van der Waals surface area contributed by atoms with Crippen molar-refractivity contribution in [2.24, 2.45) is 0 Å². The average Bonchev–Trinajstić information content (AvgIpc) is 2.93. The van der Waals surface area contributed by atoms with E-state index >= 15 is 0 Å². The molecule has 2 heterocycles. The lowest BCUT2D eigenvalue weighted by Gasteiger charge is -2.12. The summed E-state index contributed by atoms with van der Waals surface area (Å²) in [5.74, 6) is -0.787. The summed E-state index contributed by atoms with van der Waals surface area (Å²) in [4.78, 5) is 12.4. The van der Waals surface area contributed by atoms with Crippen LogP contribution >= 0.6 is 11.8 Å². The molecule has 0 saturated carbocycles. The summed E-state index contributed by atoms with van der Waals surface area (Å²) in [7, 11) is -2.16. The molecule has 0 aliphatic carbocycles. The molecule has 3 rings (SSSR count). The highest BCUT2D eigenvalue weighted by atomic mass is 32.2. The van der Waals surface area contributed by atoms with E-state index in [2.05, 4.69) is 4.72 Å². The van der Waals surface area contributed by atoms with Crippen LogP contribution in [0.5, 0.6) is 0 Å². The Morgan fingerprint density at radius 1 is 1.21 bits per heavy atom. The van der Waals surface area contributed by atoms with Gasteiger partial charge in [-0.1, -0.05) is 11.8 Å². The minimum Gasteiger partial charge on any atom is -0.458 e. The SMILES string of the molecule is CNS(=O)(=O)c1ccc(Sc2c(C)c(C(C)OC(C)=O)c3ccc(F)cn23)cc1. The highest BCUT2D eigenvalue weighted by molar-refractivity contribution is 7.99. The summed E-state index contributed by atoms with van der Waals surface area (Å²) in [5, 5.41) is 0.762. The second-order valence-electron chi connectivity index (χ2n) is 6.48. The van der Waals surface area contributed by atoms with Crippen LogP contribution in [0.1, 0.15) is 31.1 Å². The summed E-state index contributed by atoms with van der Waals surface area (Å²) in [6.07, 6.45) is 0.888. The lowest BCUT2D eigenvalue weighted by atomic mass is 10.1. The van der Waals surface area contributed by atoms with E-state index in [1.54, 1.807) is 29.5 Å². The number of rotatable bonds is 6. The molecule has 0 saturated heterocycles. The molecule has 0 amide bonds. The topological polar surface area (TPSA) is 76.9 Å². The number of hydrogen-bond donors (Lipinski definition) is 1. The Hall–Kier alpha value is -2.36. The van der Waals surface area contributed by atoms with Crippen molar-refractivity contribution in [3.05, 3.63) is 59.5 Å². The van der Waals surface area contributed by atoms with Crippen LogP contribution < -0.4 is 4.72 Å². The Balaban J connectivity index is 2.06. The third-order valence-electron chi connectivity index (χ3n) is 4.50. The number of nitrogens with zero attached hydrogens (tertiary/aromatic N) is 1. The number of halogens is 1. The molecular formula is C20H21FN2O4S2. The maximum absolute atomic E-state index is 13.9. The Morgan fingerprint density at radius 2 is 1.86 bits per heavy atom. The van der Waals surface area contributed by atoms with Gasteiger partial charge >= 0.3 is 5.97 Å². The van der Waals surface area contributed by atoms with Crippen LogP contribution in [0.15, 0.2) is 57.4 Å². The molecule has 2 aromatic heterocycles. The number of sulfonamides is 1. The molecule has 1 N–H and O–H groups in total. The van der Waals surface area contributed by atoms with Crippen molar-refractivity contribution in [2.45, 2.75) is 41.7 Å². The number of benzene rings is 1. The lowest BCUT2D eigenvalue weighted by molar-refractivity contribution is -0.145. The average molecular weight is 437 g/mol. The molecule has 29 heavy (non-hydrogen) atoms. The smallest absolute Gasteiger partial charge is 0.303 e. The van der Waals surface area contributed by atoms with Gasteiger partial charge < -0.3 is 9.14 Å². The lowest BCUT2D eigenvalue weighted by Crippen LogP contribution is -2.18. The van der Waals surface area contributed by atoms with Crippen molar-refractivity contribution in [3.8, 4) is 0 Å². The zero-order valence-corrected chi connectivity index (χ0v) is 18.0. The fourth-order valence-electron chi connectivity index (χ4n) is 3.21. The first-order valence-electron chi connectivity index (χ1n) is 8.82. The molecule has 1 atom stereocenters. The molecule has 0 spiro atoms. The molecule has 0 aliphatic rings. The van der Waals surface area contributed by atoms with Gasteiger partial charge in [-0.25, -0.2) is 17.5 Å². The standard InChI is InChI=1S/C20H21FN2O4S2/c1-12-19(13(2)27-14(3)24)18-10-5-15(21)11-23(18)20(12)28-16-6-8-17(9-7-16)29(25,26)22-4/h5-11,13,22H,1-4H3. The molecule has 9 heteroatoms. The molecule has 6 nitrogen and oxygen atoms in total. The van der Waals surface area contributed by atoms with Crippen molar-refractivity contribution in [3.63, 3.8) is 0 Å². The fourth-order valence-corrected chi connectivity index (χ4v) is 4.95. The first-order valence-corrected chi connectivity index (χ1v) is 11.1. The van der Waals surface area contributed by atoms with Crippen molar-refractivity contribution in [2.75, 3.05) is 7.05 Å². The van der Waals surface area contributed by atoms with E-state index in [9.17, 15) is 17.6 Å². The van der Waals surface area contributed by atoms with E-state index in [4.69, 9.17) is 4.74 Å². The van der Waals surface area contributed by atoms with E-state index in [1.807, 2.05) is 6.92 Å². The first kappa shape index (κ1) is 21.4. The molecule has 0 fully saturated rings. The Kier molecular flexibility index (Phi) is 6.02. The van der Waals surface area contributed by atoms with Gasteiger partial charge in [-0.2, -0.15) is 0 Å². The van der Waals surface area contributed by atoms with Crippen molar-refractivity contribution in [1.29, 1.82) is 0 Å². The van der Waals surface area contributed by atoms with Gasteiger partial charge in [0.2, 0.25) is 10.0 Å². The van der Waals surface area contributed by atoms with Gasteiger partial charge in [-0.05, 0) is 62.9 Å². The molecule has 0 bridgehead atoms. The number of fused-ring (bicyclic) bond motifs is 1. The highest BCUT2D eigenvalue weighted by Gasteiger charge is 2.22. The minimum atomic E-state index is -3.52. The van der Waals surface area contributed by atoms with Gasteiger partial charge in [-0.3, -0.25) is 4.79 Å². The van der Waals surface area contributed by atoms with Crippen molar-refractivity contribution >= 4 is 33.3 Å². The Morgan fingerprint density at radius 3 is 2.45 bits per heavy atom. The number of hydrogen-bond acceptors (Lipinski definition) is 5. The van der Waals surface area contributed by atoms with Gasteiger partial charge in [-0.15, -0.1) is 0 Å². The zero-order chi connectivity index (χ0) is 21.3. The largest absolute Gasteiger partial charge is 0.458 e. The number of pyridine rings is 1. The van der Waals surface area contributed by atoms with Crippen LogP contribution in [0, 0.1) is 12.7 Å². The molecule has 0 radical (unpaired) electrons. The van der Waals surface area contributed by atoms with Crippen LogP contribution in [-0.2, 0) is 19.6 Å². The second kappa shape index (κ2) is 8.17. The Labute approximate surface area is 173 Å². The summed E-state index contributed by atoms with van der Waals surface area (Å²) in [5.41, 5.74) is 2.41. The van der Waals surface area contributed by atoms with Crippen LogP contribution in [0.2, 0.25) is 0 Å². The third kappa shape index (κ3) is 4.31. The number of nitrogens with one attached hydrogen (secondary N) is 1. The quantitative estimate of drug-likeness (QED) is 0.590. The third-order valence-corrected chi connectivity index (χ3v) is 7.13. The molecular weight excluding hydrogens is 415 g/mol. The normalized spacial score (nSPS) is 12.9. The number of aromatic nitrogens is 1. The van der Waals surface area contributed by atoms with Gasteiger partial charge in [0.15, 0.2) is 0 Å². The van der Waals surface area contributed by atoms with Crippen LogP contribution in [0.4, 0.5) is 4.39 Å². The van der Waals surface area contributed by atoms with E-state index in [1.165, 1.54) is 50.1 Å². The predicted molar refractivity (Wildman–Crippen MR) is 109 cm³/mol. The molecule has 1 aromatic carbocycles. The number of carbonyl (C=O) groups excluding carboxylic acids is 1. The van der Waals surface area contributed by atoms with E-state index in [0.29, 0.717) is 0 Å². The van der Waals surface area contributed by atoms with E-state index < -0.39 is 27.9 Å². The second-order valence-corrected chi connectivity index (χ2v) is 9.43. The van der Waals surface area contributed by atoms with Crippen molar-refractivity contribution < 1.29 is 22.3 Å². The van der Waals surface area contributed by atoms with Crippen molar-refractivity contribution in [1.82, 2.24) is 9.12 Å². The molecule has 1 unspecified atom stereocenters. The maximum atomic E-state index is 13.9. The van der Waals surface area contributed by atoms with Crippen LogP contribution in [0.3, 0.4) is 0 Å². The van der Waals surface area contributed by atoms with Gasteiger partial charge in [0.1, 0.15) is 11.9 Å². The van der Waals surface area contributed by atoms with Crippen LogP contribution in [0.25, 0.3) is 5.52 Å². The first-order chi connectivity index (χ1) is 13.6. The fraction of sp³-hybridized carbons (Fsp3) is 0.250.